The maximum atomic E-state index is 12.1. The summed E-state index contributed by atoms with van der Waals surface area (Å²) in [7, 11) is 1.77. The lowest BCUT2D eigenvalue weighted by atomic mass is 10.2. The molecule has 0 bridgehead atoms. The molecule has 1 aromatic carbocycles. The molecule has 0 radical (unpaired) electrons. The fourth-order valence-corrected chi connectivity index (χ4v) is 2.43. The molecule has 2 rings (SSSR count). The Hall–Kier alpha value is -2.06. The molecular formula is C14H15F2N3O2S. The van der Waals surface area contributed by atoms with E-state index in [0.717, 1.165) is 5.56 Å². The summed E-state index contributed by atoms with van der Waals surface area (Å²) >= 11 is 1.31. The van der Waals surface area contributed by atoms with Crippen molar-refractivity contribution in [2.45, 2.75) is 13.0 Å². The largest absolute Gasteiger partial charge is 0.435 e. The number of hydrogen-bond acceptors (Lipinski definition) is 5. The standard InChI is InChI=1S/C14H15F2N3O2S/c1-17-7-6-12(20)19-14-18-11(8-22-14)9-2-4-10(5-3-9)21-13(15)16/h2-5,8,13,17H,6-7H2,1H3,(H,18,19,20). The zero-order chi connectivity index (χ0) is 15.9. The van der Waals surface area contributed by atoms with Crippen molar-refractivity contribution in [2.24, 2.45) is 0 Å². The molecule has 8 heteroatoms. The second kappa shape index (κ2) is 7.81. The highest BCUT2D eigenvalue weighted by atomic mass is 32.1. The number of amides is 1. The smallest absolute Gasteiger partial charge is 0.387 e. The number of alkyl halides is 2. The van der Waals surface area contributed by atoms with Crippen LogP contribution in [0.4, 0.5) is 13.9 Å². The fourth-order valence-electron chi connectivity index (χ4n) is 1.69. The summed E-state index contributed by atoms with van der Waals surface area (Å²) in [4.78, 5) is 15.9. The molecule has 0 aliphatic heterocycles. The van der Waals surface area contributed by atoms with Crippen LogP contribution in [0.15, 0.2) is 29.6 Å². The molecule has 0 aliphatic rings. The van der Waals surface area contributed by atoms with E-state index in [2.05, 4.69) is 20.4 Å². The lowest BCUT2D eigenvalue weighted by Gasteiger charge is -2.04. The molecule has 0 saturated carbocycles. The number of ether oxygens (including phenoxy) is 1. The minimum absolute atomic E-state index is 0.0922. The average molecular weight is 327 g/mol. The molecule has 0 spiro atoms. The Labute approximate surface area is 130 Å². The van der Waals surface area contributed by atoms with Crippen LogP contribution in [0.5, 0.6) is 5.75 Å². The first-order valence-electron chi connectivity index (χ1n) is 6.53. The maximum absolute atomic E-state index is 12.1. The molecule has 1 amide bonds. The molecule has 0 atom stereocenters. The second-order valence-corrected chi connectivity index (χ2v) is 5.20. The third-order valence-electron chi connectivity index (χ3n) is 2.73. The van der Waals surface area contributed by atoms with Crippen LogP contribution in [-0.2, 0) is 4.79 Å². The van der Waals surface area contributed by atoms with E-state index in [0.29, 0.717) is 23.8 Å². The molecule has 1 aromatic heterocycles. The predicted octanol–water partition coefficient (Wildman–Crippen LogP) is 2.96. The SMILES string of the molecule is CNCCC(=O)Nc1nc(-c2ccc(OC(F)F)cc2)cs1. The van der Waals surface area contributed by atoms with Gasteiger partial charge in [0.15, 0.2) is 5.13 Å². The number of anilines is 1. The summed E-state index contributed by atoms with van der Waals surface area (Å²) in [5, 5.41) is 7.89. The molecule has 0 saturated heterocycles. The third-order valence-corrected chi connectivity index (χ3v) is 3.49. The highest BCUT2D eigenvalue weighted by molar-refractivity contribution is 7.14. The number of hydrogen-bond donors (Lipinski definition) is 2. The zero-order valence-corrected chi connectivity index (χ0v) is 12.6. The Kier molecular flexibility index (Phi) is 5.79. The van der Waals surface area contributed by atoms with E-state index in [-0.39, 0.29) is 11.7 Å². The van der Waals surface area contributed by atoms with E-state index in [4.69, 9.17) is 0 Å². The van der Waals surface area contributed by atoms with Crippen molar-refractivity contribution in [3.05, 3.63) is 29.6 Å². The van der Waals surface area contributed by atoms with Gasteiger partial charge in [0.1, 0.15) is 5.75 Å². The van der Waals surface area contributed by atoms with Gasteiger partial charge in [0, 0.05) is 23.9 Å². The van der Waals surface area contributed by atoms with Gasteiger partial charge < -0.3 is 15.4 Å². The summed E-state index contributed by atoms with van der Waals surface area (Å²) in [5.41, 5.74) is 1.42. The number of nitrogens with one attached hydrogen (secondary N) is 2. The van der Waals surface area contributed by atoms with Crippen molar-refractivity contribution in [3.63, 3.8) is 0 Å². The van der Waals surface area contributed by atoms with Crippen molar-refractivity contribution in [2.75, 3.05) is 18.9 Å². The van der Waals surface area contributed by atoms with Gasteiger partial charge in [-0.25, -0.2) is 4.98 Å². The minimum atomic E-state index is -2.84. The van der Waals surface area contributed by atoms with Gasteiger partial charge in [0.25, 0.3) is 0 Å². The lowest BCUT2D eigenvalue weighted by molar-refractivity contribution is -0.116. The van der Waals surface area contributed by atoms with Crippen molar-refractivity contribution < 1.29 is 18.3 Å². The first kappa shape index (κ1) is 16.3. The van der Waals surface area contributed by atoms with Gasteiger partial charge in [0.05, 0.1) is 5.69 Å². The maximum Gasteiger partial charge on any atom is 0.387 e. The summed E-state index contributed by atoms with van der Waals surface area (Å²) in [6, 6.07) is 6.18. The van der Waals surface area contributed by atoms with E-state index in [1.54, 1.807) is 24.6 Å². The molecule has 118 valence electrons. The number of carbonyl (C=O) groups excluding carboxylic acids is 1. The van der Waals surface area contributed by atoms with Gasteiger partial charge in [-0.15, -0.1) is 11.3 Å². The monoisotopic (exact) mass is 327 g/mol. The number of aromatic nitrogens is 1. The molecule has 5 nitrogen and oxygen atoms in total. The average Bonchev–Trinajstić information content (AvgIpc) is 2.93. The summed E-state index contributed by atoms with van der Waals surface area (Å²) < 4.78 is 28.4. The molecule has 1 heterocycles. The Morgan fingerprint density at radius 2 is 2.09 bits per heavy atom. The number of rotatable bonds is 7. The summed E-state index contributed by atoms with van der Waals surface area (Å²) in [5.74, 6) is -0.0227. The third kappa shape index (κ3) is 4.74. The number of benzene rings is 1. The van der Waals surface area contributed by atoms with Crippen LogP contribution < -0.4 is 15.4 Å². The van der Waals surface area contributed by atoms with Crippen molar-refractivity contribution in [1.82, 2.24) is 10.3 Å². The van der Waals surface area contributed by atoms with Crippen LogP contribution >= 0.6 is 11.3 Å². The summed E-state index contributed by atoms with van der Waals surface area (Å²) in [6.45, 7) is -2.25. The number of nitrogens with zero attached hydrogens (tertiary/aromatic N) is 1. The molecular weight excluding hydrogens is 312 g/mol. The predicted molar refractivity (Wildman–Crippen MR) is 81.4 cm³/mol. The minimum Gasteiger partial charge on any atom is -0.435 e. The Morgan fingerprint density at radius 3 is 2.73 bits per heavy atom. The Balaban J connectivity index is 2.00. The lowest BCUT2D eigenvalue weighted by Crippen LogP contribution is -2.18. The van der Waals surface area contributed by atoms with Crippen LogP contribution in [0.25, 0.3) is 11.3 Å². The van der Waals surface area contributed by atoms with Crippen molar-refractivity contribution >= 4 is 22.4 Å². The topological polar surface area (TPSA) is 63.2 Å². The molecule has 0 fully saturated rings. The van der Waals surface area contributed by atoms with Crippen molar-refractivity contribution in [3.8, 4) is 17.0 Å². The first-order chi connectivity index (χ1) is 10.6. The van der Waals surface area contributed by atoms with Gasteiger partial charge in [-0.3, -0.25) is 4.79 Å². The highest BCUT2D eigenvalue weighted by Gasteiger charge is 2.09. The van der Waals surface area contributed by atoms with E-state index in [9.17, 15) is 13.6 Å². The molecule has 0 unspecified atom stereocenters. The van der Waals surface area contributed by atoms with E-state index < -0.39 is 6.61 Å². The van der Waals surface area contributed by atoms with Crippen LogP contribution in [-0.4, -0.2) is 31.1 Å². The number of thiazole rings is 1. The van der Waals surface area contributed by atoms with Crippen LogP contribution in [0.1, 0.15) is 6.42 Å². The zero-order valence-electron chi connectivity index (χ0n) is 11.8. The van der Waals surface area contributed by atoms with Gasteiger partial charge in [-0.1, -0.05) is 0 Å². The Bertz CT molecular complexity index is 617. The molecule has 2 N–H and O–H groups in total. The second-order valence-electron chi connectivity index (χ2n) is 4.34. The molecule has 2 aromatic rings. The first-order valence-corrected chi connectivity index (χ1v) is 7.41. The van der Waals surface area contributed by atoms with E-state index in [1.165, 1.54) is 23.5 Å². The quantitative estimate of drug-likeness (QED) is 0.821. The normalized spacial score (nSPS) is 10.7. The van der Waals surface area contributed by atoms with Gasteiger partial charge in [-0.05, 0) is 31.3 Å². The fraction of sp³-hybridized carbons (Fsp3) is 0.286. The van der Waals surface area contributed by atoms with Crippen LogP contribution in [0.2, 0.25) is 0 Å². The number of carbonyl (C=O) groups is 1. The Morgan fingerprint density at radius 1 is 1.36 bits per heavy atom. The summed E-state index contributed by atoms with van der Waals surface area (Å²) in [6.07, 6.45) is 0.366. The van der Waals surface area contributed by atoms with Crippen molar-refractivity contribution in [1.29, 1.82) is 0 Å². The van der Waals surface area contributed by atoms with Gasteiger partial charge in [0.2, 0.25) is 5.91 Å². The van der Waals surface area contributed by atoms with Crippen LogP contribution in [0.3, 0.4) is 0 Å². The van der Waals surface area contributed by atoms with E-state index in [1.807, 2.05) is 0 Å². The molecule has 22 heavy (non-hydrogen) atoms. The number of halogens is 2. The highest BCUT2D eigenvalue weighted by Crippen LogP contribution is 2.27. The molecule has 0 aliphatic carbocycles. The van der Waals surface area contributed by atoms with E-state index >= 15 is 0 Å². The van der Waals surface area contributed by atoms with Gasteiger partial charge in [-0.2, -0.15) is 8.78 Å². The van der Waals surface area contributed by atoms with Crippen LogP contribution in [0, 0.1) is 0 Å². The van der Waals surface area contributed by atoms with Gasteiger partial charge >= 0.3 is 6.61 Å².